The molecule has 0 aliphatic rings. The van der Waals surface area contributed by atoms with Gasteiger partial charge in [-0.1, -0.05) is 238 Å². The Kier molecular flexibility index (Phi) is 47.8. The lowest BCUT2D eigenvalue weighted by molar-refractivity contribution is -0.167. The summed E-state index contributed by atoms with van der Waals surface area (Å²) >= 11 is 0. The van der Waals surface area contributed by atoms with Crippen LogP contribution in [0.4, 0.5) is 0 Å². The van der Waals surface area contributed by atoms with Crippen LogP contribution in [0.1, 0.15) is 284 Å². The third kappa shape index (κ3) is 46.9. The van der Waals surface area contributed by atoms with Crippen LogP contribution in [0, 0.1) is 0 Å². The van der Waals surface area contributed by atoms with E-state index in [9.17, 15) is 14.4 Å². The van der Waals surface area contributed by atoms with E-state index < -0.39 is 6.10 Å². The van der Waals surface area contributed by atoms with Crippen molar-refractivity contribution in [2.24, 2.45) is 0 Å². The van der Waals surface area contributed by atoms with Crippen molar-refractivity contribution in [1.29, 1.82) is 0 Å². The zero-order valence-electron chi connectivity index (χ0n) is 40.2. The average Bonchev–Trinajstić information content (AvgIpc) is 3.24. The van der Waals surface area contributed by atoms with Crippen molar-refractivity contribution in [3.8, 4) is 0 Å². The molecule has 0 aliphatic carbocycles. The van der Waals surface area contributed by atoms with Crippen LogP contribution in [0.2, 0.25) is 0 Å². The van der Waals surface area contributed by atoms with Crippen molar-refractivity contribution in [3.63, 3.8) is 0 Å². The van der Waals surface area contributed by atoms with E-state index in [1.54, 1.807) is 0 Å². The molecule has 6 heteroatoms. The quantitative estimate of drug-likeness (QED) is 0.0263. The highest BCUT2D eigenvalue weighted by Gasteiger charge is 2.19. The van der Waals surface area contributed by atoms with Crippen LogP contribution in [0.5, 0.6) is 0 Å². The van der Waals surface area contributed by atoms with E-state index in [0.717, 1.165) is 70.6 Å². The van der Waals surface area contributed by atoms with E-state index in [1.165, 1.54) is 173 Å². The number of ether oxygens (including phenoxy) is 3. The third-order valence-corrected chi connectivity index (χ3v) is 11.7. The van der Waals surface area contributed by atoms with Gasteiger partial charge in [-0.05, 0) is 51.4 Å². The Morgan fingerprint density at radius 3 is 0.950 bits per heavy atom. The minimum Gasteiger partial charge on any atom is -0.462 e. The molecule has 0 saturated heterocycles. The van der Waals surface area contributed by atoms with E-state index in [-0.39, 0.29) is 31.1 Å². The Morgan fingerprint density at radius 2 is 0.600 bits per heavy atom. The number of allylic oxidation sites excluding steroid dienone is 4. The maximum Gasteiger partial charge on any atom is 0.306 e. The van der Waals surface area contributed by atoms with Crippen LogP contribution >= 0.6 is 0 Å². The van der Waals surface area contributed by atoms with Gasteiger partial charge in [0.1, 0.15) is 13.2 Å². The summed E-state index contributed by atoms with van der Waals surface area (Å²) in [7, 11) is 0. The van der Waals surface area contributed by atoms with Gasteiger partial charge in [0, 0.05) is 19.3 Å². The third-order valence-electron chi connectivity index (χ3n) is 11.7. The summed E-state index contributed by atoms with van der Waals surface area (Å²) in [5.74, 6) is -0.867. The SMILES string of the molecule is CCCCC/C=C\C/C=C\CCCCCCCCCC(=O)OCC(COC(=O)CCCCCCCCCC)OC(=O)CCCCCCCCCCCCCCCCCCC. The van der Waals surface area contributed by atoms with Gasteiger partial charge < -0.3 is 14.2 Å². The van der Waals surface area contributed by atoms with Crippen LogP contribution in [-0.2, 0) is 28.6 Å². The maximum absolute atomic E-state index is 12.8. The summed E-state index contributed by atoms with van der Waals surface area (Å²) in [4.78, 5) is 37.9. The summed E-state index contributed by atoms with van der Waals surface area (Å²) in [6, 6.07) is 0. The molecule has 0 amide bonds. The number of hydrogen-bond acceptors (Lipinski definition) is 6. The van der Waals surface area contributed by atoms with Gasteiger partial charge in [-0.2, -0.15) is 0 Å². The Hall–Kier alpha value is -2.11. The lowest BCUT2D eigenvalue weighted by Crippen LogP contribution is -2.30. The van der Waals surface area contributed by atoms with Crippen molar-refractivity contribution >= 4 is 17.9 Å². The van der Waals surface area contributed by atoms with Crippen molar-refractivity contribution in [1.82, 2.24) is 0 Å². The first-order valence-corrected chi connectivity index (χ1v) is 26.3. The summed E-state index contributed by atoms with van der Waals surface area (Å²) in [5, 5.41) is 0. The molecule has 0 bridgehead atoms. The predicted molar refractivity (Wildman–Crippen MR) is 256 cm³/mol. The smallest absolute Gasteiger partial charge is 0.306 e. The highest BCUT2D eigenvalue weighted by atomic mass is 16.6. The van der Waals surface area contributed by atoms with Crippen LogP contribution < -0.4 is 0 Å². The predicted octanol–water partition coefficient (Wildman–Crippen LogP) is 17.2. The van der Waals surface area contributed by atoms with Crippen LogP contribution in [-0.4, -0.2) is 37.2 Å². The molecule has 0 N–H and O–H groups in total. The molecular weight excluding hydrogens is 745 g/mol. The zero-order chi connectivity index (χ0) is 43.7. The Balaban J connectivity index is 4.26. The maximum atomic E-state index is 12.8. The second-order valence-corrected chi connectivity index (χ2v) is 17.8. The molecule has 0 heterocycles. The normalized spacial score (nSPS) is 12.1. The van der Waals surface area contributed by atoms with Gasteiger partial charge in [-0.25, -0.2) is 0 Å². The summed E-state index contributed by atoms with van der Waals surface area (Å²) in [6.45, 7) is 6.61. The molecule has 0 aromatic rings. The number of carbonyl (C=O) groups is 3. The summed E-state index contributed by atoms with van der Waals surface area (Å²) in [6.07, 6.45) is 56.0. The first-order valence-electron chi connectivity index (χ1n) is 26.3. The van der Waals surface area contributed by atoms with Gasteiger partial charge in [0.2, 0.25) is 0 Å². The number of hydrogen-bond donors (Lipinski definition) is 0. The van der Waals surface area contributed by atoms with E-state index in [4.69, 9.17) is 14.2 Å². The molecule has 352 valence electrons. The topological polar surface area (TPSA) is 78.9 Å². The molecular formula is C54H100O6. The van der Waals surface area contributed by atoms with Gasteiger partial charge in [0.15, 0.2) is 6.10 Å². The summed E-state index contributed by atoms with van der Waals surface area (Å²) in [5.41, 5.74) is 0. The number of carbonyl (C=O) groups excluding carboxylic acids is 3. The van der Waals surface area contributed by atoms with Gasteiger partial charge in [0.05, 0.1) is 0 Å². The van der Waals surface area contributed by atoms with Crippen molar-refractivity contribution in [2.75, 3.05) is 13.2 Å². The highest BCUT2D eigenvalue weighted by molar-refractivity contribution is 5.71. The molecule has 0 rings (SSSR count). The largest absolute Gasteiger partial charge is 0.462 e. The number of esters is 3. The lowest BCUT2D eigenvalue weighted by Gasteiger charge is -2.18. The van der Waals surface area contributed by atoms with Crippen molar-refractivity contribution < 1.29 is 28.6 Å². The van der Waals surface area contributed by atoms with Gasteiger partial charge in [0.25, 0.3) is 0 Å². The molecule has 6 nitrogen and oxygen atoms in total. The first-order chi connectivity index (χ1) is 29.5. The van der Waals surface area contributed by atoms with Gasteiger partial charge in [-0.3, -0.25) is 14.4 Å². The minimum atomic E-state index is -0.767. The summed E-state index contributed by atoms with van der Waals surface area (Å²) < 4.78 is 16.8. The standard InChI is InChI=1S/C54H100O6/c1-4-7-10-13-16-19-21-23-25-27-29-31-33-35-38-41-44-47-53(56)59-50-51(49-58-52(55)46-43-40-37-18-15-12-9-6-3)60-54(57)48-45-42-39-36-34-32-30-28-26-24-22-20-17-14-11-8-5-2/h16,19,23,25,51H,4-15,17-18,20-22,24,26-50H2,1-3H3/b19-16-,25-23-. The highest BCUT2D eigenvalue weighted by Crippen LogP contribution is 2.16. The lowest BCUT2D eigenvalue weighted by atomic mass is 10.0. The van der Waals surface area contributed by atoms with Crippen molar-refractivity contribution in [2.45, 2.75) is 290 Å². The Labute approximate surface area is 373 Å². The molecule has 0 saturated carbocycles. The molecule has 0 aromatic heterocycles. The second kappa shape index (κ2) is 49.5. The van der Waals surface area contributed by atoms with Gasteiger partial charge >= 0.3 is 17.9 Å². The molecule has 1 atom stereocenters. The fourth-order valence-corrected chi connectivity index (χ4v) is 7.71. The fourth-order valence-electron chi connectivity index (χ4n) is 7.71. The number of rotatable bonds is 48. The Bertz CT molecular complexity index is 973. The number of unbranched alkanes of at least 4 members (excludes halogenated alkanes) is 33. The van der Waals surface area contributed by atoms with E-state index >= 15 is 0 Å². The molecule has 0 spiro atoms. The first kappa shape index (κ1) is 57.9. The molecule has 60 heavy (non-hydrogen) atoms. The molecule has 0 aromatic carbocycles. The van der Waals surface area contributed by atoms with E-state index in [0.29, 0.717) is 19.3 Å². The molecule has 0 fully saturated rings. The van der Waals surface area contributed by atoms with Crippen LogP contribution in [0.15, 0.2) is 24.3 Å². The van der Waals surface area contributed by atoms with Crippen LogP contribution in [0.3, 0.4) is 0 Å². The molecule has 1 unspecified atom stereocenters. The average molecular weight is 845 g/mol. The zero-order valence-corrected chi connectivity index (χ0v) is 40.2. The van der Waals surface area contributed by atoms with E-state index in [1.807, 2.05) is 0 Å². The van der Waals surface area contributed by atoms with E-state index in [2.05, 4.69) is 45.1 Å². The Morgan fingerprint density at radius 1 is 0.333 bits per heavy atom. The monoisotopic (exact) mass is 845 g/mol. The van der Waals surface area contributed by atoms with Crippen LogP contribution in [0.25, 0.3) is 0 Å². The minimum absolute atomic E-state index is 0.0696. The molecule has 0 radical (unpaired) electrons. The fraction of sp³-hybridized carbons (Fsp3) is 0.870. The van der Waals surface area contributed by atoms with Gasteiger partial charge in [-0.15, -0.1) is 0 Å². The second-order valence-electron chi connectivity index (χ2n) is 17.8. The van der Waals surface area contributed by atoms with Crippen molar-refractivity contribution in [3.05, 3.63) is 24.3 Å². The molecule has 0 aliphatic heterocycles.